The summed E-state index contributed by atoms with van der Waals surface area (Å²) in [5.41, 5.74) is 0. The van der Waals surface area contributed by atoms with E-state index in [0.29, 0.717) is 13.2 Å². The number of ether oxygens (including phenoxy) is 2. The van der Waals surface area contributed by atoms with Crippen LogP contribution in [0.15, 0.2) is 0 Å². The van der Waals surface area contributed by atoms with Gasteiger partial charge in [-0.25, -0.2) is 4.79 Å². The van der Waals surface area contributed by atoms with Crippen LogP contribution in [0.3, 0.4) is 0 Å². The summed E-state index contributed by atoms with van der Waals surface area (Å²) in [4.78, 5) is 10.6. The maximum atomic E-state index is 10.6. The van der Waals surface area contributed by atoms with Gasteiger partial charge in [0.05, 0.1) is 13.7 Å². The summed E-state index contributed by atoms with van der Waals surface area (Å²) < 4.78 is 9.58. The average molecular weight is 169 g/mol. The first-order chi connectivity index (χ1) is 5.83. The zero-order valence-electron chi connectivity index (χ0n) is 6.92. The first-order valence-corrected chi connectivity index (χ1v) is 3.74. The van der Waals surface area contributed by atoms with Crippen molar-refractivity contribution in [3.8, 4) is 11.8 Å². The van der Waals surface area contributed by atoms with E-state index >= 15 is 0 Å². The minimum atomic E-state index is -0.524. The number of hydrogen-bond acceptors (Lipinski definition) is 4. The number of rotatable bonds is 0. The highest BCUT2D eigenvalue weighted by molar-refractivity contribution is 5.88. The molecule has 0 aliphatic carbocycles. The summed E-state index contributed by atoms with van der Waals surface area (Å²) in [6.45, 7) is 2.15. The highest BCUT2D eigenvalue weighted by Gasteiger charge is 2.09. The van der Waals surface area contributed by atoms with Gasteiger partial charge in [0, 0.05) is 19.0 Å². The van der Waals surface area contributed by atoms with Crippen molar-refractivity contribution in [2.45, 2.75) is 6.10 Å². The quantitative estimate of drug-likeness (QED) is 0.291. The largest absolute Gasteiger partial charge is 0.459 e. The number of carbonyl (C=O) groups excluding carboxylic acids is 1. The number of hydrogen-bond donors (Lipinski definition) is 1. The predicted molar refractivity (Wildman–Crippen MR) is 42.4 cm³/mol. The molecule has 4 heteroatoms. The second kappa shape index (κ2) is 4.75. The number of methoxy groups -OCH3 is 1. The maximum Gasteiger partial charge on any atom is 0.384 e. The fourth-order valence-corrected chi connectivity index (χ4v) is 0.849. The molecule has 1 rings (SSSR count). The molecule has 0 radical (unpaired) electrons. The second-order valence-corrected chi connectivity index (χ2v) is 2.32. The predicted octanol–water partition coefficient (Wildman–Crippen LogP) is -0.849. The summed E-state index contributed by atoms with van der Waals surface area (Å²) in [5.74, 6) is 4.46. The molecule has 0 bridgehead atoms. The molecule has 1 heterocycles. The monoisotopic (exact) mass is 169 g/mol. The van der Waals surface area contributed by atoms with E-state index in [1.54, 1.807) is 0 Å². The molecule has 0 spiro atoms. The van der Waals surface area contributed by atoms with Crippen molar-refractivity contribution in [3.05, 3.63) is 0 Å². The van der Waals surface area contributed by atoms with Crippen molar-refractivity contribution in [1.82, 2.24) is 5.32 Å². The van der Waals surface area contributed by atoms with E-state index in [9.17, 15) is 4.79 Å². The third-order valence-corrected chi connectivity index (χ3v) is 1.45. The molecule has 1 N–H and O–H groups in total. The fraction of sp³-hybridized carbons (Fsp3) is 0.625. The summed E-state index contributed by atoms with van der Waals surface area (Å²) in [6.07, 6.45) is -0.183. The Balaban J connectivity index is 2.35. The van der Waals surface area contributed by atoms with E-state index in [-0.39, 0.29) is 6.10 Å². The Hall–Kier alpha value is -1.05. The van der Waals surface area contributed by atoms with Crippen molar-refractivity contribution in [2.75, 3.05) is 26.8 Å². The van der Waals surface area contributed by atoms with Gasteiger partial charge in [0.25, 0.3) is 0 Å². The van der Waals surface area contributed by atoms with Crippen LogP contribution in [-0.2, 0) is 14.3 Å². The molecule has 1 aliphatic heterocycles. The van der Waals surface area contributed by atoms with Gasteiger partial charge in [-0.2, -0.15) is 0 Å². The van der Waals surface area contributed by atoms with Crippen LogP contribution >= 0.6 is 0 Å². The Kier molecular flexibility index (Phi) is 3.58. The van der Waals surface area contributed by atoms with Gasteiger partial charge in [-0.05, 0) is 0 Å². The molecule has 1 fully saturated rings. The lowest BCUT2D eigenvalue weighted by Gasteiger charge is -2.18. The van der Waals surface area contributed by atoms with E-state index in [0.717, 1.165) is 6.54 Å². The minimum absolute atomic E-state index is 0.183. The van der Waals surface area contributed by atoms with Gasteiger partial charge >= 0.3 is 5.97 Å². The van der Waals surface area contributed by atoms with Crippen LogP contribution in [0.4, 0.5) is 0 Å². The smallest absolute Gasteiger partial charge is 0.384 e. The molecule has 66 valence electrons. The van der Waals surface area contributed by atoms with Crippen LogP contribution in [0.25, 0.3) is 0 Å². The zero-order valence-corrected chi connectivity index (χ0v) is 6.92. The van der Waals surface area contributed by atoms with Crippen LogP contribution in [0.5, 0.6) is 0 Å². The van der Waals surface area contributed by atoms with Crippen molar-refractivity contribution in [1.29, 1.82) is 0 Å². The lowest BCUT2D eigenvalue weighted by molar-refractivity contribution is -0.133. The van der Waals surface area contributed by atoms with Crippen molar-refractivity contribution in [3.63, 3.8) is 0 Å². The Morgan fingerprint density at radius 3 is 3.17 bits per heavy atom. The van der Waals surface area contributed by atoms with E-state index in [2.05, 4.69) is 21.9 Å². The number of carbonyl (C=O) groups is 1. The molecule has 1 atom stereocenters. The van der Waals surface area contributed by atoms with Gasteiger partial charge in [-0.3, -0.25) is 0 Å². The van der Waals surface area contributed by atoms with E-state index in [4.69, 9.17) is 4.74 Å². The third-order valence-electron chi connectivity index (χ3n) is 1.45. The van der Waals surface area contributed by atoms with Gasteiger partial charge in [0.2, 0.25) is 0 Å². The highest BCUT2D eigenvalue weighted by Crippen LogP contribution is 1.92. The lowest BCUT2D eigenvalue weighted by atomic mass is 10.3. The van der Waals surface area contributed by atoms with Gasteiger partial charge in [0.1, 0.15) is 6.10 Å². The molecule has 12 heavy (non-hydrogen) atoms. The first kappa shape index (κ1) is 9.04. The average Bonchev–Trinajstić information content (AvgIpc) is 2.16. The molecule has 0 aromatic heterocycles. The Labute approximate surface area is 71.2 Å². The van der Waals surface area contributed by atoms with Crippen LogP contribution in [-0.4, -0.2) is 38.9 Å². The van der Waals surface area contributed by atoms with E-state index < -0.39 is 5.97 Å². The van der Waals surface area contributed by atoms with Crippen LogP contribution in [0, 0.1) is 11.8 Å². The molecule has 0 aromatic carbocycles. The van der Waals surface area contributed by atoms with Gasteiger partial charge in [-0.15, -0.1) is 0 Å². The van der Waals surface area contributed by atoms with E-state index in [1.165, 1.54) is 7.11 Å². The van der Waals surface area contributed by atoms with Crippen LogP contribution in [0.2, 0.25) is 0 Å². The standard InChI is InChI=1S/C8H11NO3/c1-11-8(10)3-2-7-6-9-4-5-12-7/h7,9H,4-6H2,1H3. The Bertz CT molecular complexity index is 210. The third kappa shape index (κ3) is 2.91. The molecule has 0 aromatic rings. The summed E-state index contributed by atoms with van der Waals surface area (Å²) in [7, 11) is 1.30. The normalized spacial score (nSPS) is 22.2. The summed E-state index contributed by atoms with van der Waals surface area (Å²) >= 11 is 0. The molecular weight excluding hydrogens is 158 g/mol. The van der Waals surface area contributed by atoms with Gasteiger partial charge < -0.3 is 14.8 Å². The van der Waals surface area contributed by atoms with Gasteiger partial charge in [0.15, 0.2) is 0 Å². The highest BCUT2D eigenvalue weighted by atomic mass is 16.5. The Morgan fingerprint density at radius 2 is 2.58 bits per heavy atom. The lowest BCUT2D eigenvalue weighted by Crippen LogP contribution is -2.37. The molecular formula is C8H11NO3. The zero-order chi connectivity index (χ0) is 8.81. The molecule has 1 saturated heterocycles. The first-order valence-electron chi connectivity index (χ1n) is 3.74. The van der Waals surface area contributed by atoms with Crippen LogP contribution < -0.4 is 5.32 Å². The molecule has 0 amide bonds. The molecule has 0 saturated carbocycles. The summed E-state index contributed by atoms with van der Waals surface area (Å²) in [6, 6.07) is 0. The van der Waals surface area contributed by atoms with E-state index in [1.807, 2.05) is 0 Å². The molecule has 1 unspecified atom stereocenters. The fourth-order valence-electron chi connectivity index (χ4n) is 0.849. The topological polar surface area (TPSA) is 47.6 Å². The second-order valence-electron chi connectivity index (χ2n) is 2.32. The minimum Gasteiger partial charge on any atom is -0.459 e. The SMILES string of the molecule is COC(=O)C#CC1CNCCO1. The van der Waals surface area contributed by atoms with Crippen LogP contribution in [0.1, 0.15) is 0 Å². The number of morpholine rings is 1. The number of esters is 1. The number of nitrogens with one attached hydrogen (secondary N) is 1. The van der Waals surface area contributed by atoms with Crippen molar-refractivity contribution < 1.29 is 14.3 Å². The summed E-state index contributed by atoms with van der Waals surface area (Å²) in [5, 5.41) is 3.10. The van der Waals surface area contributed by atoms with Crippen molar-refractivity contribution in [2.24, 2.45) is 0 Å². The van der Waals surface area contributed by atoms with Gasteiger partial charge in [-0.1, -0.05) is 5.92 Å². The maximum absolute atomic E-state index is 10.6. The molecule has 4 nitrogen and oxygen atoms in total. The van der Waals surface area contributed by atoms with Crippen molar-refractivity contribution >= 4 is 5.97 Å². The Morgan fingerprint density at radius 1 is 1.75 bits per heavy atom. The molecule has 1 aliphatic rings.